The van der Waals surface area contributed by atoms with Gasteiger partial charge < -0.3 is 15.3 Å². The van der Waals surface area contributed by atoms with Crippen molar-refractivity contribution in [2.45, 2.75) is 44.8 Å². The van der Waals surface area contributed by atoms with Gasteiger partial charge in [-0.2, -0.15) is 13.2 Å². The van der Waals surface area contributed by atoms with E-state index in [-0.39, 0.29) is 30.0 Å². The highest BCUT2D eigenvalue weighted by Gasteiger charge is 2.31. The molecule has 218 valence electrons. The van der Waals surface area contributed by atoms with E-state index in [2.05, 4.69) is 5.32 Å². The van der Waals surface area contributed by atoms with Crippen LogP contribution in [0.2, 0.25) is 0 Å². The van der Waals surface area contributed by atoms with Crippen LogP contribution < -0.4 is 5.32 Å². The molecular weight excluding hydrogens is 563 g/mol. The number of amides is 2. The summed E-state index contributed by atoms with van der Waals surface area (Å²) in [6.07, 6.45) is -2.37. The van der Waals surface area contributed by atoms with E-state index in [0.717, 1.165) is 27.6 Å². The number of halogens is 3. The number of likely N-dealkylation sites (tertiary alicyclic amines) is 1. The van der Waals surface area contributed by atoms with Crippen molar-refractivity contribution in [3.05, 3.63) is 105 Å². The molecule has 6 nitrogen and oxygen atoms in total. The molecule has 0 spiro atoms. The fourth-order valence-corrected chi connectivity index (χ4v) is 6.33. The van der Waals surface area contributed by atoms with Gasteiger partial charge in [-0.1, -0.05) is 49.4 Å². The Balaban J connectivity index is 1.25. The number of hydrogen-bond acceptors (Lipinski definition) is 5. The fraction of sp³-hybridized carbons (Fsp3) is 0.281. The fourth-order valence-electron chi connectivity index (χ4n) is 5.15. The van der Waals surface area contributed by atoms with Crippen molar-refractivity contribution in [3.63, 3.8) is 0 Å². The number of hydrogen-bond donors (Lipinski definition) is 2. The van der Waals surface area contributed by atoms with E-state index < -0.39 is 11.7 Å². The van der Waals surface area contributed by atoms with Crippen LogP contribution in [0.25, 0.3) is 11.1 Å². The summed E-state index contributed by atoms with van der Waals surface area (Å²) in [7, 11) is 0. The molecule has 1 aromatic heterocycles. The molecule has 4 aromatic rings. The highest BCUT2D eigenvalue weighted by Crippen LogP contribution is 2.35. The van der Waals surface area contributed by atoms with Crippen molar-refractivity contribution in [2.75, 3.05) is 13.1 Å². The lowest BCUT2D eigenvalue weighted by atomic mass is 9.94. The number of nitrogens with zero attached hydrogens (tertiary/aromatic N) is 2. The maximum Gasteiger partial charge on any atom is 0.416 e. The number of piperidine rings is 1. The van der Waals surface area contributed by atoms with Crippen molar-refractivity contribution in [2.24, 2.45) is 0 Å². The minimum Gasteiger partial charge on any atom is -0.508 e. The summed E-state index contributed by atoms with van der Waals surface area (Å²) in [6, 6.07) is 18.5. The third kappa shape index (κ3) is 6.49. The Bertz CT molecular complexity index is 1580. The number of aryl methyl sites for hydroxylation is 1. The Kier molecular flexibility index (Phi) is 8.63. The molecule has 2 amide bonds. The Hall–Kier alpha value is -4.18. The number of phenolic OH excluding ortho intramolecular Hbond substituents is 1. The highest BCUT2D eigenvalue weighted by molar-refractivity contribution is 7.12. The molecule has 1 saturated heterocycles. The lowest BCUT2D eigenvalue weighted by Gasteiger charge is -2.31. The average molecular weight is 594 g/mol. The van der Waals surface area contributed by atoms with Crippen molar-refractivity contribution in [3.8, 4) is 16.9 Å². The number of nitrogens with one attached hydrogen (secondary N) is 1. The van der Waals surface area contributed by atoms with E-state index in [1.165, 1.54) is 23.5 Å². The molecule has 42 heavy (non-hydrogen) atoms. The molecule has 0 bridgehead atoms. The molecule has 2 N–H and O–H groups in total. The molecule has 0 atom stereocenters. The lowest BCUT2D eigenvalue weighted by Crippen LogP contribution is -2.38. The van der Waals surface area contributed by atoms with Gasteiger partial charge >= 0.3 is 6.18 Å². The summed E-state index contributed by atoms with van der Waals surface area (Å²) in [5, 5.41) is 13.4. The van der Waals surface area contributed by atoms with Crippen LogP contribution in [-0.4, -0.2) is 39.9 Å². The summed E-state index contributed by atoms with van der Waals surface area (Å²) in [6.45, 7) is 3.27. The van der Waals surface area contributed by atoms with E-state index in [9.17, 15) is 27.9 Å². The second-order valence-corrected chi connectivity index (χ2v) is 11.3. The second-order valence-electron chi connectivity index (χ2n) is 10.2. The van der Waals surface area contributed by atoms with Gasteiger partial charge in [-0.25, -0.2) is 4.98 Å². The first-order chi connectivity index (χ1) is 20.1. The minimum atomic E-state index is -4.43. The first-order valence-electron chi connectivity index (χ1n) is 13.8. The zero-order chi connectivity index (χ0) is 29.9. The van der Waals surface area contributed by atoms with Gasteiger partial charge in [-0.3, -0.25) is 9.59 Å². The van der Waals surface area contributed by atoms with Gasteiger partial charge in [0.1, 0.15) is 11.4 Å². The molecule has 3 aromatic carbocycles. The summed E-state index contributed by atoms with van der Waals surface area (Å²) in [4.78, 5) is 33.9. The predicted molar refractivity (Wildman–Crippen MR) is 156 cm³/mol. The van der Waals surface area contributed by atoms with Crippen LogP contribution in [0.15, 0.2) is 72.8 Å². The van der Waals surface area contributed by atoms with Crippen LogP contribution >= 0.6 is 11.3 Å². The zero-order valence-electron chi connectivity index (χ0n) is 22.9. The first-order valence-corrected chi connectivity index (χ1v) is 14.6. The minimum absolute atomic E-state index is 0.113. The molecule has 1 fully saturated rings. The third-order valence-electron chi connectivity index (χ3n) is 7.43. The van der Waals surface area contributed by atoms with Gasteiger partial charge in [0.15, 0.2) is 0 Å². The molecule has 0 radical (unpaired) electrons. The highest BCUT2D eigenvalue weighted by atomic mass is 32.1. The van der Waals surface area contributed by atoms with Gasteiger partial charge in [0.05, 0.1) is 10.6 Å². The molecule has 10 heteroatoms. The number of rotatable bonds is 7. The van der Waals surface area contributed by atoms with E-state index in [0.29, 0.717) is 54.7 Å². The van der Waals surface area contributed by atoms with Gasteiger partial charge in [-0.15, -0.1) is 11.3 Å². The standard InChI is InChI=1S/C32H30F3N3O3S/c1-2-27-28(29(40)36-19-20-6-5-7-24(39)18-20)37-30(42-27)22-14-16-38(17-15-22)31(41)26-9-4-3-8-25(26)21-10-12-23(13-11-21)32(33,34)35/h3-13,18,22,39H,2,14-17,19H2,1H3,(H,36,40). The molecule has 5 rings (SSSR count). The normalized spacial score (nSPS) is 14.1. The summed E-state index contributed by atoms with van der Waals surface area (Å²) < 4.78 is 39.1. The van der Waals surface area contributed by atoms with Crippen LogP contribution in [0.3, 0.4) is 0 Å². The Morgan fingerprint density at radius 2 is 1.74 bits per heavy atom. The second kappa shape index (κ2) is 12.4. The SMILES string of the molecule is CCc1sc(C2CCN(C(=O)c3ccccc3-c3ccc(C(F)(F)F)cc3)CC2)nc1C(=O)NCc1cccc(O)c1. The van der Waals surface area contributed by atoms with Gasteiger partial charge in [0, 0.05) is 36.0 Å². The van der Waals surface area contributed by atoms with Crippen LogP contribution in [-0.2, 0) is 19.1 Å². The van der Waals surface area contributed by atoms with Crippen molar-refractivity contribution in [1.29, 1.82) is 0 Å². The number of carbonyl (C=O) groups is 2. The maximum atomic E-state index is 13.5. The largest absolute Gasteiger partial charge is 0.508 e. The molecule has 1 aliphatic rings. The molecule has 2 heterocycles. The number of carbonyl (C=O) groups excluding carboxylic acids is 2. The Labute approximate surface area is 245 Å². The van der Waals surface area contributed by atoms with Gasteiger partial charge in [-0.05, 0) is 66.3 Å². The topological polar surface area (TPSA) is 82.5 Å². The van der Waals surface area contributed by atoms with Crippen LogP contribution in [0.1, 0.15) is 67.5 Å². The Morgan fingerprint density at radius 1 is 1.02 bits per heavy atom. The van der Waals surface area contributed by atoms with Crippen molar-refractivity contribution in [1.82, 2.24) is 15.2 Å². The van der Waals surface area contributed by atoms with E-state index in [1.807, 2.05) is 13.0 Å². The maximum absolute atomic E-state index is 13.5. The Morgan fingerprint density at radius 3 is 2.40 bits per heavy atom. The number of aromatic nitrogens is 1. The first kappa shape index (κ1) is 29.3. The summed E-state index contributed by atoms with van der Waals surface area (Å²) in [5.41, 5.74) is 2.06. The predicted octanol–water partition coefficient (Wildman–Crippen LogP) is 7.05. The summed E-state index contributed by atoms with van der Waals surface area (Å²) >= 11 is 1.53. The van der Waals surface area contributed by atoms with Crippen molar-refractivity contribution < 1.29 is 27.9 Å². The van der Waals surface area contributed by atoms with Gasteiger partial charge in [0.25, 0.3) is 11.8 Å². The van der Waals surface area contributed by atoms with Gasteiger partial charge in [0.2, 0.25) is 0 Å². The summed E-state index contributed by atoms with van der Waals surface area (Å²) in [5.74, 6) is -0.170. The van der Waals surface area contributed by atoms with Crippen molar-refractivity contribution >= 4 is 23.2 Å². The molecular formula is C32H30F3N3O3S. The van der Waals surface area contributed by atoms with E-state index in [1.54, 1.807) is 47.4 Å². The quantitative estimate of drug-likeness (QED) is 0.241. The molecule has 0 unspecified atom stereocenters. The van der Waals surface area contributed by atoms with Crippen LogP contribution in [0, 0.1) is 0 Å². The number of alkyl halides is 3. The van der Waals surface area contributed by atoms with Crippen LogP contribution in [0.4, 0.5) is 13.2 Å². The number of phenols is 1. The number of aromatic hydroxyl groups is 1. The van der Waals surface area contributed by atoms with Crippen LogP contribution in [0.5, 0.6) is 5.75 Å². The monoisotopic (exact) mass is 593 g/mol. The lowest BCUT2D eigenvalue weighted by molar-refractivity contribution is -0.137. The third-order valence-corrected chi connectivity index (χ3v) is 8.79. The van der Waals surface area contributed by atoms with E-state index >= 15 is 0 Å². The zero-order valence-corrected chi connectivity index (χ0v) is 23.8. The van der Waals surface area contributed by atoms with E-state index in [4.69, 9.17) is 4.98 Å². The number of thiazole rings is 1. The molecule has 1 aliphatic heterocycles. The number of benzene rings is 3. The molecule has 0 saturated carbocycles. The molecule has 0 aliphatic carbocycles. The average Bonchev–Trinajstić information content (AvgIpc) is 3.44. The smallest absolute Gasteiger partial charge is 0.416 e.